The first-order valence-electron chi connectivity index (χ1n) is 7.64. The van der Waals surface area contributed by atoms with E-state index in [1.54, 1.807) is 24.3 Å². The van der Waals surface area contributed by atoms with Gasteiger partial charge >= 0.3 is 6.03 Å². The van der Waals surface area contributed by atoms with Crippen molar-refractivity contribution >= 4 is 33.6 Å². The number of anilines is 1. The molecule has 0 saturated heterocycles. The molecule has 0 aliphatic rings. The van der Waals surface area contributed by atoms with Crippen LogP contribution in [0, 0.1) is 0 Å². The van der Waals surface area contributed by atoms with Crippen LogP contribution in [0.1, 0.15) is 29.8 Å². The summed E-state index contributed by atoms with van der Waals surface area (Å²) in [6.07, 6.45) is 0. The van der Waals surface area contributed by atoms with Gasteiger partial charge in [-0.15, -0.1) is 0 Å². The average Bonchev–Trinajstić information content (AvgIpc) is 2.53. The van der Waals surface area contributed by atoms with Crippen molar-refractivity contribution in [1.29, 1.82) is 0 Å². The molecule has 0 spiro atoms. The monoisotopic (exact) mass is 389 g/mol. The summed E-state index contributed by atoms with van der Waals surface area (Å²) in [4.78, 5) is 23.7. The van der Waals surface area contributed by atoms with Gasteiger partial charge in [0.15, 0.2) is 0 Å². The van der Waals surface area contributed by atoms with Gasteiger partial charge in [-0.1, -0.05) is 34.1 Å². The number of nitrogens with one attached hydrogen (secondary N) is 3. The van der Waals surface area contributed by atoms with Crippen LogP contribution in [0.2, 0.25) is 0 Å². The Kier molecular flexibility index (Phi) is 6.37. The van der Waals surface area contributed by atoms with Crippen molar-refractivity contribution in [3.05, 3.63) is 64.1 Å². The summed E-state index contributed by atoms with van der Waals surface area (Å²) in [5.74, 6) is -0.130. The van der Waals surface area contributed by atoms with E-state index < -0.39 is 0 Å². The van der Waals surface area contributed by atoms with Gasteiger partial charge in [0.05, 0.1) is 0 Å². The molecule has 0 unspecified atom stereocenters. The molecule has 0 radical (unpaired) electrons. The average molecular weight is 390 g/mol. The lowest BCUT2D eigenvalue weighted by molar-refractivity contribution is 0.0951. The number of rotatable bonds is 5. The van der Waals surface area contributed by atoms with Gasteiger partial charge in [0, 0.05) is 28.3 Å². The van der Waals surface area contributed by atoms with Crippen LogP contribution >= 0.6 is 15.9 Å². The lowest BCUT2D eigenvalue weighted by Crippen LogP contribution is -2.34. The smallest absolute Gasteiger partial charge is 0.319 e. The van der Waals surface area contributed by atoms with Crippen LogP contribution in [0.4, 0.5) is 10.5 Å². The fourth-order valence-electron chi connectivity index (χ4n) is 2.05. The highest BCUT2D eigenvalue weighted by atomic mass is 79.9. The van der Waals surface area contributed by atoms with E-state index in [1.807, 2.05) is 38.1 Å². The predicted octanol–water partition coefficient (Wildman–Crippen LogP) is 3.91. The number of halogens is 1. The molecule has 0 fully saturated rings. The first-order chi connectivity index (χ1) is 11.4. The van der Waals surface area contributed by atoms with Gasteiger partial charge in [0.25, 0.3) is 5.91 Å². The third-order valence-electron chi connectivity index (χ3n) is 3.17. The molecular formula is C18H20BrN3O2. The maximum absolute atomic E-state index is 12.1. The number of urea groups is 1. The van der Waals surface area contributed by atoms with E-state index in [0.29, 0.717) is 17.8 Å². The second-order valence-electron chi connectivity index (χ2n) is 5.64. The number of amides is 3. The molecule has 0 aromatic heterocycles. The molecular weight excluding hydrogens is 370 g/mol. The van der Waals surface area contributed by atoms with Crippen molar-refractivity contribution < 1.29 is 9.59 Å². The minimum Gasteiger partial charge on any atom is -0.348 e. The quantitative estimate of drug-likeness (QED) is 0.725. The van der Waals surface area contributed by atoms with Crippen LogP contribution < -0.4 is 16.0 Å². The Morgan fingerprint density at radius 1 is 1.08 bits per heavy atom. The molecule has 0 aliphatic carbocycles. The third kappa shape index (κ3) is 5.70. The van der Waals surface area contributed by atoms with Crippen molar-refractivity contribution in [3.8, 4) is 0 Å². The number of carbonyl (C=O) groups is 2. The van der Waals surface area contributed by atoms with Crippen LogP contribution in [0.25, 0.3) is 0 Å². The maximum Gasteiger partial charge on any atom is 0.319 e. The SMILES string of the molecule is CC(C)NC(=O)Nc1ccc(CNC(=O)c2cccc(Br)c2)cc1. The molecule has 0 aliphatic heterocycles. The van der Waals surface area contributed by atoms with Crippen molar-refractivity contribution in [2.45, 2.75) is 26.4 Å². The molecule has 6 heteroatoms. The zero-order chi connectivity index (χ0) is 17.5. The van der Waals surface area contributed by atoms with E-state index in [4.69, 9.17) is 0 Å². The molecule has 0 saturated carbocycles. The summed E-state index contributed by atoms with van der Waals surface area (Å²) in [5, 5.41) is 8.38. The number of carbonyl (C=O) groups excluding carboxylic acids is 2. The summed E-state index contributed by atoms with van der Waals surface area (Å²) in [6.45, 7) is 4.22. The number of hydrogen-bond donors (Lipinski definition) is 3. The summed E-state index contributed by atoms with van der Waals surface area (Å²) >= 11 is 3.35. The Morgan fingerprint density at radius 3 is 2.42 bits per heavy atom. The lowest BCUT2D eigenvalue weighted by atomic mass is 10.2. The van der Waals surface area contributed by atoms with E-state index in [0.717, 1.165) is 10.0 Å². The van der Waals surface area contributed by atoms with Crippen molar-refractivity contribution in [3.63, 3.8) is 0 Å². The van der Waals surface area contributed by atoms with Crippen molar-refractivity contribution in [2.75, 3.05) is 5.32 Å². The summed E-state index contributed by atoms with van der Waals surface area (Å²) in [7, 11) is 0. The molecule has 0 heterocycles. The zero-order valence-electron chi connectivity index (χ0n) is 13.6. The highest BCUT2D eigenvalue weighted by molar-refractivity contribution is 9.10. The Labute approximate surface area is 150 Å². The van der Waals surface area contributed by atoms with Crippen LogP contribution in [-0.2, 0) is 6.54 Å². The van der Waals surface area contributed by atoms with Gasteiger partial charge < -0.3 is 16.0 Å². The molecule has 3 N–H and O–H groups in total. The summed E-state index contributed by atoms with van der Waals surface area (Å²) in [5.41, 5.74) is 2.26. The van der Waals surface area contributed by atoms with Crippen LogP contribution in [0.5, 0.6) is 0 Å². The second kappa shape index (κ2) is 8.49. The number of benzene rings is 2. The van der Waals surface area contributed by atoms with E-state index in [-0.39, 0.29) is 18.0 Å². The minimum absolute atomic E-state index is 0.0810. The first-order valence-corrected chi connectivity index (χ1v) is 8.43. The molecule has 2 rings (SSSR count). The van der Waals surface area contributed by atoms with Gasteiger partial charge in [0.1, 0.15) is 0 Å². The van der Waals surface area contributed by atoms with Gasteiger partial charge in [-0.2, -0.15) is 0 Å². The van der Waals surface area contributed by atoms with Gasteiger partial charge in [-0.3, -0.25) is 4.79 Å². The van der Waals surface area contributed by atoms with Gasteiger partial charge in [-0.05, 0) is 49.7 Å². The Hall–Kier alpha value is -2.34. The second-order valence-corrected chi connectivity index (χ2v) is 6.56. The Balaban J connectivity index is 1.87. The largest absolute Gasteiger partial charge is 0.348 e. The molecule has 5 nitrogen and oxygen atoms in total. The fourth-order valence-corrected chi connectivity index (χ4v) is 2.45. The van der Waals surface area contributed by atoms with E-state index in [2.05, 4.69) is 31.9 Å². The molecule has 126 valence electrons. The molecule has 2 aromatic carbocycles. The van der Waals surface area contributed by atoms with Crippen LogP contribution in [0.15, 0.2) is 53.0 Å². The third-order valence-corrected chi connectivity index (χ3v) is 3.66. The topological polar surface area (TPSA) is 70.2 Å². The Morgan fingerprint density at radius 2 is 1.79 bits per heavy atom. The van der Waals surface area contributed by atoms with E-state index in [1.165, 1.54) is 0 Å². The molecule has 0 bridgehead atoms. The molecule has 0 atom stereocenters. The summed E-state index contributed by atoms with van der Waals surface area (Å²) < 4.78 is 0.866. The van der Waals surface area contributed by atoms with Crippen molar-refractivity contribution in [1.82, 2.24) is 10.6 Å². The van der Waals surface area contributed by atoms with Gasteiger partial charge in [0.2, 0.25) is 0 Å². The summed E-state index contributed by atoms with van der Waals surface area (Å²) in [6, 6.07) is 14.4. The highest BCUT2D eigenvalue weighted by Crippen LogP contribution is 2.12. The normalized spacial score (nSPS) is 10.3. The molecule has 24 heavy (non-hydrogen) atoms. The predicted molar refractivity (Wildman–Crippen MR) is 99.0 cm³/mol. The minimum atomic E-state index is -0.235. The standard InChI is InChI=1S/C18H20BrN3O2/c1-12(2)21-18(24)22-16-8-6-13(7-9-16)11-20-17(23)14-4-3-5-15(19)10-14/h3-10,12H,11H2,1-2H3,(H,20,23)(H2,21,22,24). The van der Waals surface area contributed by atoms with Crippen LogP contribution in [-0.4, -0.2) is 18.0 Å². The van der Waals surface area contributed by atoms with E-state index in [9.17, 15) is 9.59 Å². The van der Waals surface area contributed by atoms with Crippen molar-refractivity contribution in [2.24, 2.45) is 0 Å². The Bertz CT molecular complexity index is 714. The molecule has 3 amide bonds. The highest BCUT2D eigenvalue weighted by Gasteiger charge is 2.06. The van der Waals surface area contributed by atoms with Crippen LogP contribution in [0.3, 0.4) is 0 Å². The lowest BCUT2D eigenvalue weighted by Gasteiger charge is -2.11. The first kappa shape index (κ1) is 18.0. The molecule has 2 aromatic rings. The van der Waals surface area contributed by atoms with Gasteiger partial charge in [-0.25, -0.2) is 4.79 Å². The maximum atomic E-state index is 12.1. The number of hydrogen-bond acceptors (Lipinski definition) is 2. The van der Waals surface area contributed by atoms with E-state index >= 15 is 0 Å². The fraction of sp³-hybridized carbons (Fsp3) is 0.222. The zero-order valence-corrected chi connectivity index (χ0v) is 15.2.